The van der Waals surface area contributed by atoms with E-state index in [9.17, 15) is 14.4 Å². The van der Waals surface area contributed by atoms with Crippen LogP contribution in [-0.2, 0) is 14.3 Å². The zero-order valence-corrected chi connectivity index (χ0v) is 12.7. The van der Waals surface area contributed by atoms with Crippen LogP contribution >= 0.6 is 0 Å². The molecule has 1 unspecified atom stereocenters. The minimum absolute atomic E-state index is 0.0730. The van der Waals surface area contributed by atoms with E-state index in [0.29, 0.717) is 13.2 Å². The van der Waals surface area contributed by atoms with Crippen molar-refractivity contribution in [1.29, 1.82) is 0 Å². The minimum atomic E-state index is -1.18. The third kappa shape index (κ3) is 7.50. The molecule has 8 heteroatoms. The Bertz CT molecular complexity index is 361. The molecule has 0 rings (SSSR count). The first-order valence-corrected chi connectivity index (χ1v) is 6.84. The average molecular weight is 304 g/mol. The van der Waals surface area contributed by atoms with Gasteiger partial charge in [0, 0.05) is 20.1 Å². The predicted octanol–water partition coefficient (Wildman–Crippen LogP) is 0.761. The van der Waals surface area contributed by atoms with Gasteiger partial charge < -0.3 is 25.2 Å². The molecule has 0 aromatic rings. The van der Waals surface area contributed by atoms with Gasteiger partial charge in [-0.3, -0.25) is 4.79 Å². The minimum Gasteiger partial charge on any atom is -0.481 e. The van der Waals surface area contributed by atoms with E-state index in [4.69, 9.17) is 14.9 Å². The fourth-order valence-corrected chi connectivity index (χ4v) is 1.93. The molecule has 0 saturated heterocycles. The van der Waals surface area contributed by atoms with Crippen molar-refractivity contribution in [2.24, 2.45) is 0 Å². The Morgan fingerprint density at radius 1 is 1.29 bits per heavy atom. The van der Waals surface area contributed by atoms with Crippen molar-refractivity contribution in [3.63, 3.8) is 0 Å². The van der Waals surface area contributed by atoms with Gasteiger partial charge in [0.25, 0.3) is 0 Å². The molecule has 0 aliphatic rings. The van der Waals surface area contributed by atoms with Crippen molar-refractivity contribution in [2.45, 2.75) is 45.2 Å². The van der Waals surface area contributed by atoms with E-state index in [2.05, 4.69) is 5.32 Å². The number of ether oxygens (including phenoxy) is 1. The van der Waals surface area contributed by atoms with Crippen LogP contribution in [0.15, 0.2) is 0 Å². The lowest BCUT2D eigenvalue weighted by Gasteiger charge is -2.29. The topological polar surface area (TPSA) is 116 Å². The number of rotatable bonds is 10. The van der Waals surface area contributed by atoms with Crippen molar-refractivity contribution >= 4 is 18.0 Å². The first-order valence-electron chi connectivity index (χ1n) is 6.84. The number of aliphatic carboxylic acids is 2. The van der Waals surface area contributed by atoms with Crippen molar-refractivity contribution in [3.8, 4) is 0 Å². The van der Waals surface area contributed by atoms with Crippen LogP contribution in [0.25, 0.3) is 0 Å². The van der Waals surface area contributed by atoms with E-state index >= 15 is 0 Å². The molecule has 3 N–H and O–H groups in total. The molecular weight excluding hydrogens is 280 g/mol. The summed E-state index contributed by atoms with van der Waals surface area (Å²) in [5.41, 5.74) is 0. The number of likely N-dealkylation sites (N-methyl/N-ethyl adjacent to an activating group) is 1. The van der Waals surface area contributed by atoms with Crippen LogP contribution in [0.5, 0.6) is 0 Å². The molecule has 0 saturated carbocycles. The summed E-state index contributed by atoms with van der Waals surface area (Å²) in [5, 5.41) is 20.0. The van der Waals surface area contributed by atoms with Crippen molar-refractivity contribution in [3.05, 3.63) is 0 Å². The Hall–Kier alpha value is -1.83. The highest BCUT2D eigenvalue weighted by Gasteiger charge is 2.25. The van der Waals surface area contributed by atoms with Gasteiger partial charge in [0.15, 0.2) is 0 Å². The molecule has 0 aromatic heterocycles. The number of urea groups is 1. The number of hydrogen-bond donors (Lipinski definition) is 3. The lowest BCUT2D eigenvalue weighted by atomic mass is 10.1. The number of nitrogens with one attached hydrogen (secondary N) is 1. The van der Waals surface area contributed by atoms with E-state index in [-0.39, 0.29) is 25.3 Å². The van der Waals surface area contributed by atoms with E-state index in [1.54, 1.807) is 13.8 Å². The third-order valence-corrected chi connectivity index (χ3v) is 3.02. The van der Waals surface area contributed by atoms with Gasteiger partial charge in [0.1, 0.15) is 6.04 Å². The molecule has 0 radical (unpaired) electrons. The molecule has 0 aliphatic carbocycles. The number of methoxy groups -OCH3 is 1. The summed E-state index contributed by atoms with van der Waals surface area (Å²) in [5.74, 6) is -2.17. The summed E-state index contributed by atoms with van der Waals surface area (Å²) in [4.78, 5) is 35.1. The number of carboxylic acid groups (broad SMARTS) is 2. The normalized spacial score (nSPS) is 13.3. The van der Waals surface area contributed by atoms with Crippen molar-refractivity contribution in [2.75, 3.05) is 20.3 Å². The van der Waals surface area contributed by atoms with E-state index < -0.39 is 24.0 Å². The summed E-state index contributed by atoms with van der Waals surface area (Å²) in [6, 6.07) is -1.78. The first kappa shape index (κ1) is 19.2. The molecule has 0 aromatic carbocycles. The van der Waals surface area contributed by atoms with Gasteiger partial charge in [-0.1, -0.05) is 0 Å². The molecule has 2 amide bonds. The summed E-state index contributed by atoms with van der Waals surface area (Å²) in [7, 11) is 1.52. The zero-order chi connectivity index (χ0) is 16.4. The first-order chi connectivity index (χ1) is 9.83. The molecule has 0 spiro atoms. The Morgan fingerprint density at radius 2 is 1.90 bits per heavy atom. The second kappa shape index (κ2) is 9.98. The Morgan fingerprint density at radius 3 is 2.33 bits per heavy atom. The molecule has 21 heavy (non-hydrogen) atoms. The van der Waals surface area contributed by atoms with Crippen LogP contribution in [0.1, 0.15) is 33.1 Å². The fraction of sp³-hybridized carbons (Fsp3) is 0.769. The van der Waals surface area contributed by atoms with Gasteiger partial charge in [-0.15, -0.1) is 0 Å². The Balaban J connectivity index is 4.56. The van der Waals surface area contributed by atoms with E-state index in [0.717, 1.165) is 0 Å². The smallest absolute Gasteiger partial charge is 0.326 e. The number of carboxylic acids is 2. The number of carbonyl (C=O) groups excluding carboxylic acids is 1. The molecule has 0 fully saturated rings. The van der Waals surface area contributed by atoms with Crippen LogP contribution in [0.2, 0.25) is 0 Å². The highest BCUT2D eigenvalue weighted by atomic mass is 16.5. The van der Waals surface area contributed by atoms with Gasteiger partial charge in [-0.25, -0.2) is 9.59 Å². The monoisotopic (exact) mass is 304 g/mol. The Kier molecular flexibility index (Phi) is 9.11. The van der Waals surface area contributed by atoms with Gasteiger partial charge in [0.2, 0.25) is 0 Å². The van der Waals surface area contributed by atoms with Crippen molar-refractivity contribution in [1.82, 2.24) is 10.2 Å². The highest BCUT2D eigenvalue weighted by Crippen LogP contribution is 2.05. The maximum absolute atomic E-state index is 12.1. The molecule has 0 heterocycles. The van der Waals surface area contributed by atoms with E-state index in [1.807, 2.05) is 0 Å². The number of carbonyl (C=O) groups is 3. The molecular formula is C13H24N2O6. The van der Waals surface area contributed by atoms with Gasteiger partial charge in [-0.2, -0.15) is 0 Å². The van der Waals surface area contributed by atoms with Crippen LogP contribution in [-0.4, -0.2) is 65.4 Å². The van der Waals surface area contributed by atoms with Crippen LogP contribution in [0.4, 0.5) is 4.79 Å². The molecule has 0 bridgehead atoms. The highest BCUT2D eigenvalue weighted by molar-refractivity contribution is 5.82. The predicted molar refractivity (Wildman–Crippen MR) is 75.2 cm³/mol. The van der Waals surface area contributed by atoms with Crippen LogP contribution < -0.4 is 5.32 Å². The summed E-state index contributed by atoms with van der Waals surface area (Å²) < 4.78 is 4.98. The standard InChI is InChI=1S/C13H24N2O6/c1-4-15(9(2)8-21-3)13(20)14-10(12(18)19)6-5-7-11(16)17/h9-10H,4-8H2,1-3H3,(H,14,20)(H,16,17)(H,18,19)/t9?,10-/m1/s1. The third-order valence-electron chi connectivity index (χ3n) is 3.02. The van der Waals surface area contributed by atoms with Crippen LogP contribution in [0.3, 0.4) is 0 Å². The van der Waals surface area contributed by atoms with Gasteiger partial charge in [-0.05, 0) is 26.7 Å². The molecule has 2 atom stereocenters. The maximum atomic E-state index is 12.1. The quantitative estimate of drug-likeness (QED) is 0.548. The second-order valence-electron chi connectivity index (χ2n) is 4.72. The fourth-order valence-electron chi connectivity index (χ4n) is 1.93. The number of amides is 2. The van der Waals surface area contributed by atoms with Crippen molar-refractivity contribution < 1.29 is 29.3 Å². The summed E-state index contributed by atoms with van der Waals surface area (Å²) in [6.45, 7) is 4.34. The van der Waals surface area contributed by atoms with Gasteiger partial charge in [0.05, 0.1) is 12.6 Å². The lowest BCUT2D eigenvalue weighted by molar-refractivity contribution is -0.140. The molecule has 8 nitrogen and oxygen atoms in total. The molecule has 0 aliphatic heterocycles. The Labute approximate surface area is 124 Å². The molecule has 122 valence electrons. The zero-order valence-electron chi connectivity index (χ0n) is 12.7. The second-order valence-corrected chi connectivity index (χ2v) is 4.72. The SMILES string of the molecule is CCN(C(=O)N[C@H](CCCC(=O)O)C(=O)O)C(C)COC. The van der Waals surface area contributed by atoms with E-state index in [1.165, 1.54) is 12.0 Å². The number of hydrogen-bond acceptors (Lipinski definition) is 4. The number of nitrogens with zero attached hydrogens (tertiary/aromatic N) is 1. The van der Waals surface area contributed by atoms with Crippen LogP contribution in [0, 0.1) is 0 Å². The summed E-state index contributed by atoms with van der Waals surface area (Å²) >= 11 is 0. The summed E-state index contributed by atoms with van der Waals surface area (Å²) in [6.07, 6.45) is 0.132. The average Bonchev–Trinajstić information content (AvgIpc) is 2.38. The maximum Gasteiger partial charge on any atom is 0.326 e. The lowest BCUT2D eigenvalue weighted by Crippen LogP contribution is -2.51. The van der Waals surface area contributed by atoms with Gasteiger partial charge >= 0.3 is 18.0 Å². The largest absolute Gasteiger partial charge is 0.481 e.